The fourth-order valence-electron chi connectivity index (χ4n) is 4.68. The average Bonchev–Trinajstić information content (AvgIpc) is 2.81. The number of rotatable bonds is 6. The molecule has 0 unspecified atom stereocenters. The minimum Gasteiger partial charge on any atom is -0.349 e. The lowest BCUT2D eigenvalue weighted by Gasteiger charge is -2.51. The van der Waals surface area contributed by atoms with E-state index in [1.807, 2.05) is 58.0 Å². The van der Waals surface area contributed by atoms with E-state index in [0.29, 0.717) is 39.7 Å². The summed E-state index contributed by atoms with van der Waals surface area (Å²) in [6.07, 6.45) is 2.96. The smallest absolute Gasteiger partial charge is 0.251 e. The molecule has 1 amide bonds. The van der Waals surface area contributed by atoms with E-state index in [0.717, 1.165) is 11.4 Å². The van der Waals surface area contributed by atoms with Crippen LogP contribution in [0.5, 0.6) is 0 Å². The van der Waals surface area contributed by atoms with Gasteiger partial charge in [-0.2, -0.15) is 10.0 Å². The Hall–Kier alpha value is -2.72. The molecule has 0 bridgehead atoms. The number of nitrogens with zero attached hydrogens (tertiary/aromatic N) is 3. The second-order valence-corrected chi connectivity index (χ2v) is 11.5. The number of carbonyl (C=O) groups excluding carboxylic acids is 1. The molecule has 2 aromatic carbocycles. The number of hydroxylamine groups is 2. The van der Waals surface area contributed by atoms with E-state index in [1.165, 1.54) is 5.06 Å². The Morgan fingerprint density at radius 1 is 1.06 bits per heavy atom. The van der Waals surface area contributed by atoms with Crippen LogP contribution in [0.3, 0.4) is 0 Å². The van der Waals surface area contributed by atoms with Crippen LogP contribution in [0.4, 0.5) is 23.1 Å². The van der Waals surface area contributed by atoms with Gasteiger partial charge in [-0.3, -0.25) is 4.79 Å². The Morgan fingerprint density at radius 3 is 2.33 bits per heavy atom. The maximum atomic E-state index is 12.9. The highest BCUT2D eigenvalue weighted by Gasteiger charge is 2.45. The zero-order valence-electron chi connectivity index (χ0n) is 20.6. The highest BCUT2D eigenvalue weighted by molar-refractivity contribution is 9.10. The molecule has 1 saturated heterocycles. The van der Waals surface area contributed by atoms with Gasteiger partial charge in [0.25, 0.3) is 5.91 Å². The van der Waals surface area contributed by atoms with E-state index < -0.39 is 11.1 Å². The summed E-state index contributed by atoms with van der Waals surface area (Å²) in [6.45, 7) is 7.92. The Balaban J connectivity index is 1.41. The lowest BCUT2D eigenvalue weighted by molar-refractivity contribution is -0.245. The van der Waals surface area contributed by atoms with Gasteiger partial charge in [-0.05, 0) is 92.9 Å². The van der Waals surface area contributed by atoms with Crippen LogP contribution in [0.2, 0.25) is 5.02 Å². The molecule has 0 aliphatic carbocycles. The fraction of sp³-hybridized carbons (Fsp3) is 0.346. The van der Waals surface area contributed by atoms with Crippen LogP contribution >= 0.6 is 27.5 Å². The van der Waals surface area contributed by atoms with Crippen molar-refractivity contribution in [1.82, 2.24) is 20.3 Å². The molecule has 0 spiro atoms. The van der Waals surface area contributed by atoms with Crippen LogP contribution < -0.4 is 16.0 Å². The Labute approximate surface area is 224 Å². The number of nitrogens with one attached hydrogen (secondary N) is 3. The maximum absolute atomic E-state index is 12.9. The van der Waals surface area contributed by atoms with Crippen LogP contribution in [0.25, 0.3) is 0 Å². The highest BCUT2D eigenvalue weighted by Crippen LogP contribution is 2.36. The number of piperidine rings is 1. The molecule has 1 aromatic heterocycles. The van der Waals surface area contributed by atoms with E-state index in [-0.39, 0.29) is 11.9 Å². The largest absolute Gasteiger partial charge is 0.349 e. The minimum atomic E-state index is -0.433. The Bertz CT molecular complexity index is 1230. The molecule has 36 heavy (non-hydrogen) atoms. The molecule has 0 atom stereocenters. The number of hydrogen-bond donors (Lipinski definition) is 4. The molecule has 1 aliphatic heterocycles. The molecule has 0 saturated carbocycles. The maximum Gasteiger partial charge on any atom is 0.251 e. The summed E-state index contributed by atoms with van der Waals surface area (Å²) in [5.74, 6) is 0.817. The predicted octanol–water partition coefficient (Wildman–Crippen LogP) is 6.52. The minimum absolute atomic E-state index is 0.0380. The number of carbonyl (C=O) groups is 1. The second kappa shape index (κ2) is 10.3. The van der Waals surface area contributed by atoms with Gasteiger partial charge < -0.3 is 21.2 Å². The molecule has 2 heterocycles. The van der Waals surface area contributed by atoms with Crippen LogP contribution in [0.15, 0.2) is 59.2 Å². The van der Waals surface area contributed by atoms with Crippen molar-refractivity contribution in [3.63, 3.8) is 0 Å². The van der Waals surface area contributed by atoms with Gasteiger partial charge in [0.05, 0.1) is 15.2 Å². The molecule has 1 aliphatic rings. The third-order valence-corrected chi connectivity index (χ3v) is 7.16. The summed E-state index contributed by atoms with van der Waals surface area (Å²) >= 11 is 9.71. The van der Waals surface area contributed by atoms with Crippen molar-refractivity contribution in [2.45, 2.75) is 57.7 Å². The van der Waals surface area contributed by atoms with Gasteiger partial charge in [-0.25, -0.2) is 4.98 Å². The molecule has 8 nitrogen and oxygen atoms in total. The Kier molecular flexibility index (Phi) is 7.56. The topological polar surface area (TPSA) is 102 Å². The van der Waals surface area contributed by atoms with E-state index in [1.54, 1.807) is 24.4 Å². The number of aromatic nitrogens is 2. The summed E-state index contributed by atoms with van der Waals surface area (Å²) in [5.41, 5.74) is 1.17. The van der Waals surface area contributed by atoms with Gasteiger partial charge in [-0.15, -0.1) is 0 Å². The van der Waals surface area contributed by atoms with E-state index in [4.69, 9.17) is 11.6 Å². The van der Waals surface area contributed by atoms with Gasteiger partial charge in [0, 0.05) is 34.6 Å². The van der Waals surface area contributed by atoms with Gasteiger partial charge in [0.1, 0.15) is 5.82 Å². The van der Waals surface area contributed by atoms with Crippen molar-refractivity contribution in [2.75, 3.05) is 10.6 Å². The summed E-state index contributed by atoms with van der Waals surface area (Å²) in [5, 5.41) is 22.0. The lowest BCUT2D eigenvalue weighted by atomic mass is 9.79. The molecule has 190 valence electrons. The Morgan fingerprint density at radius 2 is 1.69 bits per heavy atom. The molecule has 1 fully saturated rings. The van der Waals surface area contributed by atoms with Gasteiger partial charge in [0.2, 0.25) is 5.95 Å². The molecular formula is C26H30BrClN6O2. The summed E-state index contributed by atoms with van der Waals surface area (Å²) in [4.78, 5) is 21.8. The first-order valence-corrected chi connectivity index (χ1v) is 12.8. The van der Waals surface area contributed by atoms with Crippen LogP contribution in [-0.2, 0) is 0 Å². The van der Waals surface area contributed by atoms with E-state index >= 15 is 0 Å². The number of anilines is 4. The first-order valence-electron chi connectivity index (χ1n) is 11.7. The van der Waals surface area contributed by atoms with Crippen LogP contribution in [-0.4, -0.2) is 43.3 Å². The van der Waals surface area contributed by atoms with Crippen LogP contribution in [0, 0.1) is 0 Å². The van der Waals surface area contributed by atoms with E-state index in [2.05, 4.69) is 41.8 Å². The summed E-state index contributed by atoms with van der Waals surface area (Å²) in [7, 11) is 0. The molecule has 3 aromatic rings. The fourth-order valence-corrected chi connectivity index (χ4v) is 5.15. The summed E-state index contributed by atoms with van der Waals surface area (Å²) in [6, 6.07) is 14.5. The van der Waals surface area contributed by atoms with Crippen molar-refractivity contribution in [1.29, 1.82) is 0 Å². The van der Waals surface area contributed by atoms with Crippen molar-refractivity contribution in [3.05, 3.63) is 69.8 Å². The third kappa shape index (κ3) is 5.98. The zero-order valence-corrected chi connectivity index (χ0v) is 23.0. The van der Waals surface area contributed by atoms with Gasteiger partial charge >= 0.3 is 0 Å². The molecular weight excluding hydrogens is 544 g/mol. The van der Waals surface area contributed by atoms with E-state index in [9.17, 15) is 10.0 Å². The van der Waals surface area contributed by atoms with Crippen molar-refractivity contribution >= 4 is 56.6 Å². The zero-order chi connectivity index (χ0) is 26.1. The first kappa shape index (κ1) is 26.3. The molecule has 10 heteroatoms. The second-order valence-electron chi connectivity index (χ2n) is 10.2. The average molecular weight is 574 g/mol. The molecule has 4 N–H and O–H groups in total. The molecule has 4 rings (SSSR count). The number of halogens is 2. The van der Waals surface area contributed by atoms with Crippen molar-refractivity contribution in [2.24, 2.45) is 0 Å². The highest BCUT2D eigenvalue weighted by atomic mass is 79.9. The van der Waals surface area contributed by atoms with Gasteiger partial charge in [-0.1, -0.05) is 23.7 Å². The first-order chi connectivity index (χ1) is 16.9. The number of amides is 1. The number of hydrogen-bond acceptors (Lipinski definition) is 7. The predicted molar refractivity (Wildman–Crippen MR) is 146 cm³/mol. The SMILES string of the molecule is CC1(C)CC(NC(=O)c2ccc(Nc3ncc(Br)c(Nc4ccccc4Cl)n3)cc2)CC(C)(C)N1O. The standard InChI is InChI=1S/C26H30BrClN6O2/c1-25(2)13-18(14-26(3,4)34(25)36)30-23(35)16-9-11-17(12-10-16)31-24-29-15-19(27)22(33-24)32-21-8-6-5-7-20(21)28/h5-12,15,18,36H,13-14H2,1-4H3,(H,30,35)(H2,29,31,32,33). The molecule has 0 radical (unpaired) electrons. The quantitative estimate of drug-likeness (QED) is 0.266. The number of benzene rings is 2. The monoisotopic (exact) mass is 572 g/mol. The van der Waals surface area contributed by atoms with Crippen molar-refractivity contribution in [3.8, 4) is 0 Å². The van der Waals surface area contributed by atoms with Crippen molar-refractivity contribution < 1.29 is 10.0 Å². The number of para-hydroxylation sites is 1. The third-order valence-electron chi connectivity index (χ3n) is 6.25. The lowest BCUT2D eigenvalue weighted by Crippen LogP contribution is -2.62. The normalized spacial score (nSPS) is 17.4. The van der Waals surface area contributed by atoms with Gasteiger partial charge in [0.15, 0.2) is 0 Å². The summed E-state index contributed by atoms with van der Waals surface area (Å²) < 4.78 is 0.693. The van der Waals surface area contributed by atoms with Crippen LogP contribution in [0.1, 0.15) is 50.9 Å².